The summed E-state index contributed by atoms with van der Waals surface area (Å²) in [5, 5.41) is 3.51. The number of benzene rings is 1. The lowest BCUT2D eigenvalue weighted by atomic mass is 9.99. The number of carbonyl (C=O) groups is 1. The van der Waals surface area contributed by atoms with E-state index in [4.69, 9.17) is 0 Å². The fourth-order valence-electron chi connectivity index (χ4n) is 2.78. The van der Waals surface area contributed by atoms with Crippen LogP contribution in [0.5, 0.6) is 0 Å². The number of nitrogens with zero attached hydrogens (tertiary/aromatic N) is 1. The molecule has 0 saturated carbocycles. The van der Waals surface area contributed by atoms with Crippen LogP contribution in [0, 0.1) is 0 Å². The summed E-state index contributed by atoms with van der Waals surface area (Å²) in [5.41, 5.74) is 2.07. The average molecular weight is 274 g/mol. The van der Waals surface area contributed by atoms with Gasteiger partial charge in [0.2, 0.25) is 5.91 Å². The molecule has 1 aliphatic heterocycles. The highest BCUT2D eigenvalue weighted by Gasteiger charge is 2.46. The van der Waals surface area contributed by atoms with Crippen molar-refractivity contribution in [1.29, 1.82) is 0 Å². The van der Waals surface area contributed by atoms with Crippen LogP contribution in [0.3, 0.4) is 0 Å². The number of hydrogen-bond acceptors (Lipinski definition) is 2. The van der Waals surface area contributed by atoms with Gasteiger partial charge in [-0.15, -0.1) is 0 Å². The van der Waals surface area contributed by atoms with Crippen molar-refractivity contribution < 1.29 is 4.79 Å². The minimum atomic E-state index is -0.433. The van der Waals surface area contributed by atoms with Gasteiger partial charge < -0.3 is 4.90 Å². The first-order valence-corrected chi connectivity index (χ1v) is 7.61. The topological polar surface area (TPSA) is 32.3 Å². The van der Waals surface area contributed by atoms with Gasteiger partial charge in [-0.25, -0.2) is 0 Å². The third kappa shape index (κ3) is 2.47. The molecule has 1 heterocycles. The van der Waals surface area contributed by atoms with E-state index in [0.717, 1.165) is 13.0 Å². The van der Waals surface area contributed by atoms with Gasteiger partial charge in [0.25, 0.3) is 0 Å². The first kappa shape index (κ1) is 15.0. The predicted octanol–water partition coefficient (Wildman–Crippen LogP) is 3.43. The van der Waals surface area contributed by atoms with Crippen molar-refractivity contribution in [3.8, 4) is 0 Å². The van der Waals surface area contributed by atoms with Crippen LogP contribution < -0.4 is 5.32 Å². The minimum absolute atomic E-state index is 0.00124. The SMILES string of the molecule is CCN1C(=O)C(C)(CC)NC1c1ccc(C(C)C)cc1. The van der Waals surface area contributed by atoms with E-state index in [1.807, 2.05) is 18.7 Å². The van der Waals surface area contributed by atoms with Gasteiger partial charge in [-0.05, 0) is 37.3 Å². The summed E-state index contributed by atoms with van der Waals surface area (Å²) in [6.07, 6.45) is 0.807. The minimum Gasteiger partial charge on any atom is -0.322 e. The second-order valence-electron chi connectivity index (χ2n) is 6.15. The van der Waals surface area contributed by atoms with Gasteiger partial charge in [0.15, 0.2) is 0 Å². The Kier molecular flexibility index (Phi) is 4.19. The molecule has 20 heavy (non-hydrogen) atoms. The molecule has 0 radical (unpaired) electrons. The van der Waals surface area contributed by atoms with E-state index in [0.29, 0.717) is 5.92 Å². The molecule has 1 aromatic carbocycles. The summed E-state index contributed by atoms with van der Waals surface area (Å²) in [6.45, 7) is 11.2. The van der Waals surface area contributed by atoms with Crippen molar-refractivity contribution in [3.63, 3.8) is 0 Å². The molecule has 1 saturated heterocycles. The molecule has 3 nitrogen and oxygen atoms in total. The van der Waals surface area contributed by atoms with Crippen molar-refractivity contribution in [2.45, 2.75) is 58.7 Å². The number of likely N-dealkylation sites (N-methyl/N-ethyl adjacent to an activating group) is 1. The summed E-state index contributed by atoms with van der Waals surface area (Å²) in [4.78, 5) is 14.5. The van der Waals surface area contributed by atoms with Crippen LogP contribution in [0.15, 0.2) is 24.3 Å². The molecule has 110 valence electrons. The summed E-state index contributed by atoms with van der Waals surface area (Å²) in [6, 6.07) is 8.62. The Hall–Kier alpha value is -1.35. The lowest BCUT2D eigenvalue weighted by molar-refractivity contribution is -0.132. The molecule has 2 unspecified atom stereocenters. The molecule has 0 aromatic heterocycles. The number of nitrogens with one attached hydrogen (secondary N) is 1. The fraction of sp³-hybridized carbons (Fsp3) is 0.588. The van der Waals surface area contributed by atoms with Crippen molar-refractivity contribution in [2.24, 2.45) is 0 Å². The van der Waals surface area contributed by atoms with Crippen LogP contribution in [0.25, 0.3) is 0 Å². The number of hydrogen-bond donors (Lipinski definition) is 1. The Morgan fingerprint density at radius 3 is 2.30 bits per heavy atom. The van der Waals surface area contributed by atoms with E-state index < -0.39 is 5.54 Å². The van der Waals surface area contributed by atoms with Gasteiger partial charge in [-0.2, -0.15) is 0 Å². The Labute approximate surface area is 122 Å². The average Bonchev–Trinajstić information content (AvgIpc) is 2.71. The zero-order valence-electron chi connectivity index (χ0n) is 13.2. The molecule has 0 spiro atoms. The number of rotatable bonds is 4. The van der Waals surface area contributed by atoms with E-state index in [2.05, 4.69) is 50.4 Å². The Balaban J connectivity index is 2.29. The van der Waals surface area contributed by atoms with Gasteiger partial charge in [0, 0.05) is 6.54 Å². The van der Waals surface area contributed by atoms with Crippen LogP contribution in [0.4, 0.5) is 0 Å². The maximum Gasteiger partial charge on any atom is 0.244 e. The standard InChI is InChI=1S/C17H26N2O/c1-6-17(5)16(20)19(7-2)15(18-17)14-10-8-13(9-11-14)12(3)4/h8-12,15,18H,6-7H2,1-5H3. The lowest BCUT2D eigenvalue weighted by Gasteiger charge is -2.23. The monoisotopic (exact) mass is 274 g/mol. The zero-order chi connectivity index (χ0) is 14.9. The van der Waals surface area contributed by atoms with Gasteiger partial charge in [0.1, 0.15) is 6.17 Å². The van der Waals surface area contributed by atoms with E-state index >= 15 is 0 Å². The quantitative estimate of drug-likeness (QED) is 0.912. The molecular formula is C17H26N2O. The first-order chi connectivity index (χ1) is 9.42. The second-order valence-corrected chi connectivity index (χ2v) is 6.15. The summed E-state index contributed by atoms with van der Waals surface area (Å²) in [7, 11) is 0. The molecule has 3 heteroatoms. The second kappa shape index (κ2) is 5.57. The van der Waals surface area contributed by atoms with Crippen LogP contribution in [0.1, 0.15) is 64.3 Å². The molecule has 2 atom stereocenters. The Bertz CT molecular complexity index is 480. The third-order valence-electron chi connectivity index (χ3n) is 4.47. The van der Waals surface area contributed by atoms with Crippen LogP contribution in [0.2, 0.25) is 0 Å². The molecule has 1 fully saturated rings. The fourth-order valence-corrected chi connectivity index (χ4v) is 2.78. The molecule has 1 aliphatic rings. The van der Waals surface area contributed by atoms with Crippen molar-refractivity contribution in [3.05, 3.63) is 35.4 Å². The summed E-state index contributed by atoms with van der Waals surface area (Å²) in [5.74, 6) is 0.742. The van der Waals surface area contributed by atoms with Crippen molar-refractivity contribution >= 4 is 5.91 Å². The molecule has 0 bridgehead atoms. The van der Waals surface area contributed by atoms with Crippen LogP contribution >= 0.6 is 0 Å². The van der Waals surface area contributed by atoms with Crippen LogP contribution in [-0.4, -0.2) is 22.9 Å². The lowest BCUT2D eigenvalue weighted by Crippen LogP contribution is -2.42. The summed E-state index contributed by atoms with van der Waals surface area (Å²) < 4.78 is 0. The zero-order valence-corrected chi connectivity index (χ0v) is 13.2. The van der Waals surface area contributed by atoms with Crippen molar-refractivity contribution in [1.82, 2.24) is 10.2 Å². The van der Waals surface area contributed by atoms with Gasteiger partial charge in [-0.3, -0.25) is 10.1 Å². The highest BCUT2D eigenvalue weighted by molar-refractivity contribution is 5.88. The number of carbonyl (C=O) groups excluding carboxylic acids is 1. The van der Waals surface area contributed by atoms with Crippen molar-refractivity contribution in [2.75, 3.05) is 6.54 Å². The van der Waals surface area contributed by atoms with E-state index in [1.54, 1.807) is 0 Å². The highest BCUT2D eigenvalue weighted by Crippen LogP contribution is 2.32. The largest absolute Gasteiger partial charge is 0.322 e. The Morgan fingerprint density at radius 2 is 1.85 bits per heavy atom. The number of amides is 1. The van der Waals surface area contributed by atoms with E-state index in [-0.39, 0.29) is 12.1 Å². The first-order valence-electron chi connectivity index (χ1n) is 7.61. The van der Waals surface area contributed by atoms with Crippen LogP contribution in [-0.2, 0) is 4.79 Å². The third-order valence-corrected chi connectivity index (χ3v) is 4.47. The molecule has 1 aromatic rings. The Morgan fingerprint density at radius 1 is 1.25 bits per heavy atom. The van der Waals surface area contributed by atoms with Gasteiger partial charge >= 0.3 is 0 Å². The maximum atomic E-state index is 12.5. The van der Waals surface area contributed by atoms with E-state index in [1.165, 1.54) is 11.1 Å². The molecule has 0 aliphatic carbocycles. The molecule has 1 N–H and O–H groups in total. The van der Waals surface area contributed by atoms with E-state index in [9.17, 15) is 4.79 Å². The molecular weight excluding hydrogens is 248 g/mol. The highest BCUT2D eigenvalue weighted by atomic mass is 16.2. The van der Waals surface area contributed by atoms with Gasteiger partial charge in [-0.1, -0.05) is 45.0 Å². The predicted molar refractivity (Wildman–Crippen MR) is 82.5 cm³/mol. The molecule has 2 rings (SSSR count). The normalized spacial score (nSPS) is 26.6. The van der Waals surface area contributed by atoms with Gasteiger partial charge in [0.05, 0.1) is 5.54 Å². The molecule has 1 amide bonds. The smallest absolute Gasteiger partial charge is 0.244 e. The maximum absolute atomic E-state index is 12.5. The summed E-state index contributed by atoms with van der Waals surface area (Å²) >= 11 is 0.